The van der Waals surface area contributed by atoms with Gasteiger partial charge in [-0.05, 0) is 59.2 Å². The van der Waals surface area contributed by atoms with Gasteiger partial charge in [0.25, 0.3) is 0 Å². The van der Waals surface area contributed by atoms with Crippen molar-refractivity contribution in [3.8, 4) is 22.5 Å². The maximum absolute atomic E-state index is 14.2. The number of aromatic nitrogens is 1. The van der Waals surface area contributed by atoms with Crippen LogP contribution < -0.4 is 10.6 Å². The summed E-state index contributed by atoms with van der Waals surface area (Å²) in [7, 11) is 0. The third kappa shape index (κ3) is 5.33. The van der Waals surface area contributed by atoms with Gasteiger partial charge in [0.15, 0.2) is 11.6 Å². The van der Waals surface area contributed by atoms with Crippen LogP contribution >= 0.6 is 0 Å². The van der Waals surface area contributed by atoms with Gasteiger partial charge in [0.1, 0.15) is 0 Å². The van der Waals surface area contributed by atoms with Crippen LogP contribution in [0.5, 0.6) is 0 Å². The first kappa shape index (κ1) is 27.4. The lowest BCUT2D eigenvalue weighted by atomic mass is 9.69. The number of hydrogen-bond donors (Lipinski definition) is 4. The number of halogens is 2. The fraction of sp³-hybridized carbons (Fsp3) is 0.250. The normalized spacial score (nSPS) is 17.7. The molecule has 4 N–H and O–H groups in total. The maximum Gasteiger partial charge on any atom is 0.319 e. The van der Waals surface area contributed by atoms with Gasteiger partial charge in [-0.1, -0.05) is 68.4 Å². The van der Waals surface area contributed by atoms with Crippen molar-refractivity contribution >= 4 is 11.7 Å². The number of amides is 2. The molecule has 0 fully saturated rings. The van der Waals surface area contributed by atoms with Crippen LogP contribution in [0.4, 0.5) is 19.3 Å². The third-order valence-electron chi connectivity index (χ3n) is 7.47. The first-order valence-corrected chi connectivity index (χ1v) is 13.1. The highest BCUT2D eigenvalue weighted by Gasteiger charge is 2.40. The van der Waals surface area contributed by atoms with E-state index in [1.54, 1.807) is 0 Å². The number of fused-ring (bicyclic) bond motifs is 1. The molecule has 0 spiro atoms. The van der Waals surface area contributed by atoms with E-state index in [-0.39, 0.29) is 13.0 Å². The van der Waals surface area contributed by atoms with Crippen LogP contribution in [0.3, 0.4) is 0 Å². The molecular formula is C32H31F2N3O3. The smallest absolute Gasteiger partial charge is 0.319 e. The summed E-state index contributed by atoms with van der Waals surface area (Å²) in [4.78, 5) is 18.2. The van der Waals surface area contributed by atoms with Crippen molar-refractivity contribution in [1.29, 1.82) is 0 Å². The molecule has 0 radical (unpaired) electrons. The van der Waals surface area contributed by atoms with Crippen molar-refractivity contribution in [3.05, 3.63) is 107 Å². The quantitative estimate of drug-likeness (QED) is 0.234. The van der Waals surface area contributed by atoms with E-state index in [1.165, 1.54) is 0 Å². The molecular weight excluding hydrogens is 512 g/mol. The summed E-state index contributed by atoms with van der Waals surface area (Å²) in [5, 5.41) is 26.0. The van der Waals surface area contributed by atoms with Crippen LogP contribution in [-0.4, -0.2) is 27.3 Å². The number of carbonyl (C=O) groups is 1. The summed E-state index contributed by atoms with van der Waals surface area (Å²) in [6.07, 6.45) is -0.744. The van der Waals surface area contributed by atoms with E-state index < -0.39 is 35.2 Å². The van der Waals surface area contributed by atoms with Crippen LogP contribution in [0.1, 0.15) is 48.6 Å². The van der Waals surface area contributed by atoms with Crippen molar-refractivity contribution in [2.75, 3.05) is 5.32 Å². The molecule has 1 heterocycles. The van der Waals surface area contributed by atoms with E-state index >= 15 is 0 Å². The molecule has 4 aromatic rings. The molecule has 2 amide bonds. The Bertz CT molecular complexity index is 1560. The Morgan fingerprint density at radius 3 is 2.30 bits per heavy atom. The predicted molar refractivity (Wildman–Crippen MR) is 151 cm³/mol. The van der Waals surface area contributed by atoms with Crippen LogP contribution in [-0.2, 0) is 12.0 Å². The lowest BCUT2D eigenvalue weighted by Crippen LogP contribution is -2.45. The molecule has 5 rings (SSSR count). The molecule has 206 valence electrons. The highest BCUT2D eigenvalue weighted by atomic mass is 19.2. The number of nitrogens with one attached hydrogen (secondary N) is 2. The maximum atomic E-state index is 14.2. The number of hydrogen-bond acceptors (Lipinski definition) is 4. The molecule has 40 heavy (non-hydrogen) atoms. The number of nitrogens with zero attached hydrogens (tertiary/aromatic N) is 1. The van der Waals surface area contributed by atoms with Gasteiger partial charge in [0, 0.05) is 11.1 Å². The van der Waals surface area contributed by atoms with Gasteiger partial charge in [-0.2, -0.15) is 0 Å². The van der Waals surface area contributed by atoms with Gasteiger partial charge in [-0.3, -0.25) is 0 Å². The molecule has 1 aliphatic carbocycles. The van der Waals surface area contributed by atoms with Gasteiger partial charge >= 0.3 is 6.03 Å². The first-order valence-electron chi connectivity index (χ1n) is 13.1. The second-order valence-electron chi connectivity index (χ2n) is 10.9. The number of anilines is 1. The number of rotatable bonds is 5. The van der Waals surface area contributed by atoms with E-state index in [0.717, 1.165) is 40.1 Å². The Labute approximate surface area is 231 Å². The Morgan fingerprint density at radius 2 is 1.62 bits per heavy atom. The number of urea groups is 1. The van der Waals surface area contributed by atoms with E-state index in [1.807, 2.05) is 81.4 Å². The Morgan fingerprint density at radius 1 is 0.975 bits per heavy atom. The van der Waals surface area contributed by atoms with E-state index in [4.69, 9.17) is 4.98 Å². The van der Waals surface area contributed by atoms with Crippen LogP contribution in [0.15, 0.2) is 72.8 Å². The molecule has 3 aromatic carbocycles. The summed E-state index contributed by atoms with van der Waals surface area (Å²) in [6.45, 7) is 5.53. The molecule has 0 saturated carbocycles. The average Bonchev–Trinajstić information content (AvgIpc) is 2.93. The molecule has 2 atom stereocenters. The van der Waals surface area contributed by atoms with Crippen molar-refractivity contribution < 1.29 is 23.8 Å². The number of aryl methyl sites for hydroxylation is 1. The van der Waals surface area contributed by atoms with Crippen molar-refractivity contribution in [3.63, 3.8) is 0 Å². The minimum Gasteiger partial charge on any atom is -0.392 e. The monoisotopic (exact) mass is 543 g/mol. The Hall–Kier alpha value is -4.14. The molecule has 1 unspecified atom stereocenters. The van der Waals surface area contributed by atoms with Gasteiger partial charge in [0.2, 0.25) is 0 Å². The summed E-state index contributed by atoms with van der Waals surface area (Å²) in [5.74, 6) is -2.00. The zero-order valence-electron chi connectivity index (χ0n) is 22.5. The fourth-order valence-corrected chi connectivity index (χ4v) is 5.42. The van der Waals surface area contributed by atoms with Gasteiger partial charge in [0.05, 0.1) is 35.8 Å². The van der Waals surface area contributed by atoms with Crippen molar-refractivity contribution in [2.24, 2.45) is 0 Å². The molecule has 1 aromatic heterocycles. The zero-order valence-corrected chi connectivity index (χ0v) is 22.5. The van der Waals surface area contributed by atoms with Crippen LogP contribution in [0.2, 0.25) is 0 Å². The summed E-state index contributed by atoms with van der Waals surface area (Å²) in [5.41, 5.74) is 5.25. The number of pyridine rings is 1. The largest absolute Gasteiger partial charge is 0.392 e. The Kier molecular flexibility index (Phi) is 7.40. The summed E-state index contributed by atoms with van der Waals surface area (Å²) in [6, 6.07) is 19.3. The van der Waals surface area contributed by atoms with Gasteiger partial charge in [-0.15, -0.1) is 0 Å². The zero-order chi connectivity index (χ0) is 28.6. The van der Waals surface area contributed by atoms with Gasteiger partial charge in [-0.25, -0.2) is 18.6 Å². The van der Waals surface area contributed by atoms with Gasteiger partial charge < -0.3 is 20.8 Å². The molecule has 0 bridgehead atoms. The second kappa shape index (κ2) is 10.8. The molecule has 6 nitrogen and oxygen atoms in total. The lowest BCUT2D eigenvalue weighted by Gasteiger charge is -2.40. The standard InChI is InChI=1S/C32H31F2N3O3/c1-18-13-26(29(20-7-5-4-6-8-20)36-28(18)21-11-9-19(17-38)10-12-21)35-31(40)37-30-22-14-24(33)25(34)15-23(22)32(2,3)16-27(30)39/h4-15,27,30,38-39H,16-17H2,1-3H3,(H2,35,37,40)/t27-,30?/m1/s1. The highest BCUT2D eigenvalue weighted by Crippen LogP contribution is 2.42. The van der Waals surface area contributed by atoms with Crippen LogP contribution in [0, 0.1) is 18.6 Å². The van der Waals surface area contributed by atoms with Crippen molar-refractivity contribution in [2.45, 2.75) is 51.4 Å². The molecule has 0 saturated heterocycles. The number of benzene rings is 3. The van der Waals surface area contributed by atoms with E-state index in [2.05, 4.69) is 10.6 Å². The lowest BCUT2D eigenvalue weighted by molar-refractivity contribution is 0.0878. The van der Waals surface area contributed by atoms with E-state index in [0.29, 0.717) is 22.5 Å². The molecule has 1 aliphatic rings. The predicted octanol–water partition coefficient (Wildman–Crippen LogP) is 6.40. The topological polar surface area (TPSA) is 94.5 Å². The number of aliphatic hydroxyl groups is 2. The SMILES string of the molecule is Cc1cc(NC(=O)NC2c3cc(F)c(F)cc3C(C)(C)C[C@H]2O)c(-c2ccccc2)nc1-c1ccc(CO)cc1. The summed E-state index contributed by atoms with van der Waals surface area (Å²) >= 11 is 0. The minimum atomic E-state index is -1.04. The van der Waals surface area contributed by atoms with Crippen molar-refractivity contribution in [1.82, 2.24) is 10.3 Å². The second-order valence-corrected chi connectivity index (χ2v) is 10.9. The number of carbonyl (C=O) groups excluding carboxylic acids is 1. The van der Waals surface area contributed by atoms with Crippen LogP contribution in [0.25, 0.3) is 22.5 Å². The summed E-state index contributed by atoms with van der Waals surface area (Å²) < 4.78 is 28.3. The Balaban J connectivity index is 1.49. The molecule has 0 aliphatic heterocycles. The minimum absolute atomic E-state index is 0.0564. The molecule has 8 heteroatoms. The first-order chi connectivity index (χ1) is 19.1. The fourth-order valence-electron chi connectivity index (χ4n) is 5.42. The average molecular weight is 544 g/mol. The highest BCUT2D eigenvalue weighted by molar-refractivity contribution is 5.94. The van der Waals surface area contributed by atoms with E-state index in [9.17, 15) is 23.8 Å². The number of aliphatic hydroxyl groups excluding tert-OH is 2. The third-order valence-corrected chi connectivity index (χ3v) is 7.47.